The molecule has 0 unspecified atom stereocenters. The standard InChI is InChI=1S/C17H24ClN3O2/c1-17(2,12-6-4-7-13(18)10-12)11-20-16(23)21-9-5-8-14(21)15(22)19-3/h4,6-7,10,14H,5,8-9,11H2,1-3H3,(H,19,22)(H,20,23)/t14-/m0/s1. The van der Waals surface area contributed by atoms with Gasteiger partial charge in [0.2, 0.25) is 5.91 Å². The van der Waals surface area contributed by atoms with Crippen molar-refractivity contribution in [3.05, 3.63) is 34.9 Å². The second-order valence-electron chi connectivity index (χ2n) is 6.52. The Bertz CT molecular complexity index is 589. The summed E-state index contributed by atoms with van der Waals surface area (Å²) in [6.07, 6.45) is 1.56. The van der Waals surface area contributed by atoms with Gasteiger partial charge in [-0.15, -0.1) is 0 Å². The number of likely N-dealkylation sites (tertiary alicyclic amines) is 1. The second kappa shape index (κ2) is 7.21. The summed E-state index contributed by atoms with van der Waals surface area (Å²) in [5, 5.41) is 6.26. The Kier molecular flexibility index (Phi) is 5.52. The van der Waals surface area contributed by atoms with E-state index in [4.69, 9.17) is 11.6 Å². The molecule has 0 saturated carbocycles. The van der Waals surface area contributed by atoms with Gasteiger partial charge in [0.15, 0.2) is 0 Å². The molecule has 2 rings (SSSR count). The molecule has 1 aliphatic heterocycles. The lowest BCUT2D eigenvalue weighted by molar-refractivity contribution is -0.124. The van der Waals surface area contributed by atoms with Gasteiger partial charge in [-0.1, -0.05) is 37.6 Å². The molecule has 6 heteroatoms. The van der Waals surface area contributed by atoms with Crippen molar-refractivity contribution in [2.45, 2.75) is 38.1 Å². The fourth-order valence-electron chi connectivity index (χ4n) is 2.86. The minimum atomic E-state index is -0.366. The summed E-state index contributed by atoms with van der Waals surface area (Å²) in [7, 11) is 1.60. The third kappa shape index (κ3) is 4.16. The molecule has 0 aromatic heterocycles. The lowest BCUT2D eigenvalue weighted by Crippen LogP contribution is -2.50. The highest BCUT2D eigenvalue weighted by Crippen LogP contribution is 2.25. The van der Waals surface area contributed by atoms with Crippen molar-refractivity contribution in [1.29, 1.82) is 0 Å². The van der Waals surface area contributed by atoms with Crippen LogP contribution in [0, 0.1) is 0 Å². The lowest BCUT2D eigenvalue weighted by atomic mass is 9.84. The zero-order valence-corrected chi connectivity index (χ0v) is 14.6. The summed E-state index contributed by atoms with van der Waals surface area (Å²) in [6, 6.07) is 7.10. The number of hydrogen-bond acceptors (Lipinski definition) is 2. The van der Waals surface area contributed by atoms with Gasteiger partial charge >= 0.3 is 6.03 Å². The number of nitrogens with zero attached hydrogens (tertiary/aromatic N) is 1. The number of benzene rings is 1. The molecule has 1 aromatic rings. The summed E-state index contributed by atoms with van der Waals surface area (Å²) >= 11 is 6.05. The molecule has 0 bridgehead atoms. The van der Waals surface area contributed by atoms with E-state index in [-0.39, 0.29) is 23.4 Å². The SMILES string of the molecule is CNC(=O)[C@@H]1CCCN1C(=O)NCC(C)(C)c1cccc(Cl)c1. The number of carbonyl (C=O) groups is 2. The Hall–Kier alpha value is -1.75. The van der Waals surface area contributed by atoms with Crippen LogP contribution in [0.25, 0.3) is 0 Å². The number of urea groups is 1. The van der Waals surface area contributed by atoms with E-state index in [0.717, 1.165) is 12.0 Å². The van der Waals surface area contributed by atoms with Crippen LogP contribution >= 0.6 is 11.6 Å². The van der Waals surface area contributed by atoms with Gasteiger partial charge in [-0.2, -0.15) is 0 Å². The molecule has 1 atom stereocenters. The molecule has 0 radical (unpaired) electrons. The van der Waals surface area contributed by atoms with Crippen molar-refractivity contribution in [3.63, 3.8) is 0 Å². The predicted molar refractivity (Wildman–Crippen MR) is 91.7 cm³/mol. The van der Waals surface area contributed by atoms with Gasteiger partial charge in [-0.3, -0.25) is 4.79 Å². The van der Waals surface area contributed by atoms with Gasteiger partial charge in [0.25, 0.3) is 0 Å². The fraction of sp³-hybridized carbons (Fsp3) is 0.529. The second-order valence-corrected chi connectivity index (χ2v) is 6.96. The molecule has 23 heavy (non-hydrogen) atoms. The number of hydrogen-bond donors (Lipinski definition) is 2. The van der Waals surface area contributed by atoms with E-state index < -0.39 is 0 Å². The molecule has 1 saturated heterocycles. The normalized spacial score (nSPS) is 17.9. The average molecular weight is 338 g/mol. The average Bonchev–Trinajstić information content (AvgIpc) is 3.01. The minimum absolute atomic E-state index is 0.105. The maximum atomic E-state index is 12.4. The van der Waals surface area contributed by atoms with Crippen molar-refractivity contribution in [2.24, 2.45) is 0 Å². The molecular formula is C17H24ClN3O2. The molecule has 2 N–H and O–H groups in total. The molecule has 1 aromatic carbocycles. The Balaban J connectivity index is 1.99. The molecule has 5 nitrogen and oxygen atoms in total. The Morgan fingerprint density at radius 1 is 1.39 bits per heavy atom. The summed E-state index contributed by atoms with van der Waals surface area (Å²) in [5.41, 5.74) is 0.817. The molecule has 1 fully saturated rings. The molecule has 1 heterocycles. The van der Waals surface area contributed by atoms with Crippen molar-refractivity contribution < 1.29 is 9.59 Å². The third-order valence-corrected chi connectivity index (χ3v) is 4.59. The van der Waals surface area contributed by atoms with Gasteiger partial charge < -0.3 is 15.5 Å². The maximum Gasteiger partial charge on any atom is 0.318 e. The van der Waals surface area contributed by atoms with Crippen molar-refractivity contribution in [3.8, 4) is 0 Å². The predicted octanol–water partition coefficient (Wildman–Crippen LogP) is 2.54. The molecular weight excluding hydrogens is 314 g/mol. The van der Waals surface area contributed by atoms with Gasteiger partial charge in [0.05, 0.1) is 0 Å². The van der Waals surface area contributed by atoms with E-state index in [1.165, 1.54) is 0 Å². The number of amides is 3. The summed E-state index contributed by atoms with van der Waals surface area (Å²) in [6.45, 7) is 5.20. The van der Waals surface area contributed by atoms with E-state index in [2.05, 4.69) is 24.5 Å². The van der Waals surface area contributed by atoms with Crippen LogP contribution in [0.1, 0.15) is 32.3 Å². The Morgan fingerprint density at radius 3 is 2.78 bits per heavy atom. The van der Waals surface area contributed by atoms with Crippen LogP contribution in [0.15, 0.2) is 24.3 Å². The van der Waals surface area contributed by atoms with Crippen molar-refractivity contribution in [2.75, 3.05) is 20.1 Å². The first kappa shape index (κ1) is 17.6. The quantitative estimate of drug-likeness (QED) is 0.887. The van der Waals surface area contributed by atoms with Crippen molar-refractivity contribution >= 4 is 23.5 Å². The summed E-state index contributed by atoms with van der Waals surface area (Å²) < 4.78 is 0. The third-order valence-electron chi connectivity index (χ3n) is 4.35. The molecule has 0 aliphatic carbocycles. The Morgan fingerprint density at radius 2 is 2.13 bits per heavy atom. The topological polar surface area (TPSA) is 61.4 Å². The molecule has 1 aliphatic rings. The number of rotatable bonds is 4. The van der Waals surface area contributed by atoms with E-state index in [1.807, 2.05) is 24.3 Å². The van der Waals surface area contributed by atoms with Gasteiger partial charge in [-0.25, -0.2) is 4.79 Å². The van der Waals surface area contributed by atoms with Crippen LogP contribution in [0.4, 0.5) is 4.79 Å². The highest BCUT2D eigenvalue weighted by atomic mass is 35.5. The van der Waals surface area contributed by atoms with Crippen LogP contribution in [0.2, 0.25) is 5.02 Å². The zero-order valence-electron chi connectivity index (χ0n) is 13.9. The highest BCUT2D eigenvalue weighted by molar-refractivity contribution is 6.30. The maximum absolute atomic E-state index is 12.4. The van der Waals surface area contributed by atoms with Gasteiger partial charge in [-0.05, 0) is 30.5 Å². The zero-order chi connectivity index (χ0) is 17.0. The number of halogens is 1. The smallest absolute Gasteiger partial charge is 0.318 e. The number of carbonyl (C=O) groups excluding carboxylic acids is 2. The van der Waals surface area contributed by atoms with E-state index >= 15 is 0 Å². The van der Waals surface area contributed by atoms with Gasteiger partial charge in [0, 0.05) is 30.6 Å². The van der Waals surface area contributed by atoms with Crippen LogP contribution in [-0.2, 0) is 10.2 Å². The van der Waals surface area contributed by atoms with Crippen LogP contribution in [0.5, 0.6) is 0 Å². The van der Waals surface area contributed by atoms with E-state index in [0.29, 0.717) is 24.5 Å². The lowest BCUT2D eigenvalue weighted by Gasteiger charge is -2.29. The number of likely N-dealkylation sites (N-methyl/N-ethyl adjacent to an activating group) is 1. The van der Waals surface area contributed by atoms with Gasteiger partial charge in [0.1, 0.15) is 6.04 Å². The summed E-state index contributed by atoms with van der Waals surface area (Å²) in [5.74, 6) is -0.105. The first-order valence-electron chi connectivity index (χ1n) is 7.87. The van der Waals surface area contributed by atoms with Crippen LogP contribution < -0.4 is 10.6 Å². The fourth-order valence-corrected chi connectivity index (χ4v) is 3.05. The van der Waals surface area contributed by atoms with Crippen LogP contribution in [-0.4, -0.2) is 43.0 Å². The first-order chi connectivity index (χ1) is 10.8. The highest BCUT2D eigenvalue weighted by Gasteiger charge is 2.34. The van der Waals surface area contributed by atoms with Crippen LogP contribution in [0.3, 0.4) is 0 Å². The largest absolute Gasteiger partial charge is 0.357 e. The van der Waals surface area contributed by atoms with E-state index in [9.17, 15) is 9.59 Å². The summed E-state index contributed by atoms with van der Waals surface area (Å²) in [4.78, 5) is 25.9. The molecule has 3 amide bonds. The first-order valence-corrected chi connectivity index (χ1v) is 8.25. The number of nitrogens with one attached hydrogen (secondary N) is 2. The molecule has 126 valence electrons. The monoisotopic (exact) mass is 337 g/mol. The Labute approximate surface area is 142 Å². The van der Waals surface area contributed by atoms with Crippen molar-refractivity contribution in [1.82, 2.24) is 15.5 Å². The molecule has 0 spiro atoms. The minimum Gasteiger partial charge on any atom is -0.357 e. The van der Waals surface area contributed by atoms with E-state index in [1.54, 1.807) is 11.9 Å².